The largest absolute Gasteiger partial charge is 0.223 e. The Hall–Kier alpha value is -1.35. The van der Waals surface area contributed by atoms with Crippen molar-refractivity contribution >= 4 is 9.84 Å². The Balaban J connectivity index is 1.43. The second kappa shape index (κ2) is 4.00. The van der Waals surface area contributed by atoms with E-state index in [0.717, 1.165) is 24.7 Å². The molecule has 2 fully saturated rings. The molecule has 0 spiro atoms. The third kappa shape index (κ3) is 1.48. The van der Waals surface area contributed by atoms with Crippen molar-refractivity contribution in [2.75, 3.05) is 0 Å². The second-order valence-corrected chi connectivity index (χ2v) is 10.2. The maximum absolute atomic E-state index is 13.2. The Kier molecular flexibility index (Phi) is 2.26. The highest BCUT2D eigenvalue weighted by Crippen LogP contribution is 2.69. The van der Waals surface area contributed by atoms with Gasteiger partial charge in [0, 0.05) is 11.8 Å². The van der Waals surface area contributed by atoms with E-state index in [4.69, 9.17) is 0 Å². The molecule has 0 unspecified atom stereocenters. The standard InChI is InChI=1S/C20H20O2S/c21-23(22,12-4-2-1-3-5-12)18-9-11-8-17(18)20-14-7-6-13(19(11)20)15-10-16(14)15/h1-7,11,13-18H,8-10H2/t11-,13+,14+,15-,16+,17-,18-/m1/s1. The zero-order valence-electron chi connectivity index (χ0n) is 12.9. The molecule has 0 N–H and O–H groups in total. The van der Waals surface area contributed by atoms with Gasteiger partial charge >= 0.3 is 0 Å². The van der Waals surface area contributed by atoms with Crippen LogP contribution in [0.15, 0.2) is 58.5 Å². The molecule has 6 aliphatic carbocycles. The highest BCUT2D eigenvalue weighted by molar-refractivity contribution is 7.92. The number of hydrogen-bond donors (Lipinski definition) is 0. The molecule has 23 heavy (non-hydrogen) atoms. The molecule has 4 bridgehead atoms. The summed E-state index contributed by atoms with van der Waals surface area (Å²) in [6, 6.07) is 9.09. The summed E-state index contributed by atoms with van der Waals surface area (Å²) in [5, 5.41) is -0.182. The first-order valence-corrected chi connectivity index (χ1v) is 10.4. The van der Waals surface area contributed by atoms with Gasteiger partial charge in [0.05, 0.1) is 10.1 Å². The van der Waals surface area contributed by atoms with E-state index in [9.17, 15) is 8.42 Å². The van der Waals surface area contributed by atoms with E-state index in [1.54, 1.807) is 23.3 Å². The van der Waals surface area contributed by atoms with Crippen molar-refractivity contribution in [1.82, 2.24) is 0 Å². The molecular formula is C20H20O2S. The van der Waals surface area contributed by atoms with Crippen LogP contribution >= 0.6 is 0 Å². The van der Waals surface area contributed by atoms with Gasteiger partial charge in [0.1, 0.15) is 0 Å². The van der Waals surface area contributed by atoms with Gasteiger partial charge in [-0.3, -0.25) is 0 Å². The van der Waals surface area contributed by atoms with Gasteiger partial charge < -0.3 is 0 Å². The number of benzene rings is 1. The zero-order valence-corrected chi connectivity index (χ0v) is 13.7. The molecule has 3 heteroatoms. The predicted octanol–water partition coefficient (Wildman–Crippen LogP) is 3.62. The first-order chi connectivity index (χ1) is 11.2. The Bertz CT molecular complexity index is 864. The van der Waals surface area contributed by atoms with Gasteiger partial charge in [-0.05, 0) is 55.1 Å². The van der Waals surface area contributed by atoms with Gasteiger partial charge in [-0.1, -0.05) is 41.5 Å². The minimum atomic E-state index is -3.20. The number of allylic oxidation sites excluding steroid dienone is 4. The summed E-state index contributed by atoms with van der Waals surface area (Å²) in [7, 11) is -3.20. The van der Waals surface area contributed by atoms with Crippen molar-refractivity contribution in [3.8, 4) is 0 Å². The van der Waals surface area contributed by atoms with Crippen LogP contribution in [-0.2, 0) is 9.84 Å². The van der Waals surface area contributed by atoms with Gasteiger partial charge in [-0.15, -0.1) is 0 Å². The molecule has 7 atom stereocenters. The van der Waals surface area contributed by atoms with Crippen LogP contribution in [0.4, 0.5) is 0 Å². The molecule has 2 saturated carbocycles. The topological polar surface area (TPSA) is 34.1 Å². The molecule has 1 aromatic rings. The van der Waals surface area contributed by atoms with E-state index in [2.05, 4.69) is 12.2 Å². The second-order valence-electron chi connectivity index (χ2n) is 8.08. The summed E-state index contributed by atoms with van der Waals surface area (Å²) in [5.41, 5.74) is 3.25. The van der Waals surface area contributed by atoms with Crippen LogP contribution in [0, 0.1) is 35.5 Å². The molecular weight excluding hydrogens is 304 g/mol. The van der Waals surface area contributed by atoms with Crippen LogP contribution in [0.2, 0.25) is 0 Å². The van der Waals surface area contributed by atoms with Crippen molar-refractivity contribution in [3.05, 3.63) is 53.6 Å². The lowest BCUT2D eigenvalue weighted by Crippen LogP contribution is -2.36. The number of rotatable bonds is 2. The van der Waals surface area contributed by atoms with E-state index in [1.807, 2.05) is 18.2 Å². The third-order valence-corrected chi connectivity index (χ3v) is 9.45. The van der Waals surface area contributed by atoms with Crippen LogP contribution in [0.25, 0.3) is 0 Å². The smallest absolute Gasteiger partial charge is 0.181 e. The van der Waals surface area contributed by atoms with Gasteiger partial charge in [0.15, 0.2) is 9.84 Å². The zero-order chi connectivity index (χ0) is 15.3. The van der Waals surface area contributed by atoms with Crippen molar-refractivity contribution < 1.29 is 8.42 Å². The van der Waals surface area contributed by atoms with Gasteiger partial charge in [0.2, 0.25) is 0 Å². The SMILES string of the molecule is O=S(=O)(c1ccccc1)[C@@H]1C[C@H]2C[C@H]1C1=C2[C@H]2C=C[C@H]1[C@@H]1C[C@@H]12. The Labute approximate surface area is 137 Å². The summed E-state index contributed by atoms with van der Waals surface area (Å²) in [6.07, 6.45) is 8.17. The fourth-order valence-corrected chi connectivity index (χ4v) is 8.38. The molecule has 0 aromatic heterocycles. The third-order valence-electron chi connectivity index (χ3n) is 7.20. The molecule has 7 rings (SSSR count). The fraction of sp³-hybridized carbons (Fsp3) is 0.500. The highest BCUT2D eigenvalue weighted by Gasteiger charge is 2.63. The Morgan fingerprint density at radius 2 is 1.52 bits per heavy atom. The summed E-state index contributed by atoms with van der Waals surface area (Å²) in [6.45, 7) is 0. The van der Waals surface area contributed by atoms with E-state index in [-0.39, 0.29) is 5.25 Å². The minimum Gasteiger partial charge on any atom is -0.223 e. The average molecular weight is 324 g/mol. The van der Waals surface area contributed by atoms with Crippen LogP contribution in [-0.4, -0.2) is 13.7 Å². The molecule has 0 amide bonds. The van der Waals surface area contributed by atoms with Crippen LogP contribution in [0.5, 0.6) is 0 Å². The average Bonchev–Trinajstić information content (AvgIpc) is 3.18. The maximum Gasteiger partial charge on any atom is 0.181 e. The molecule has 118 valence electrons. The molecule has 0 heterocycles. The van der Waals surface area contributed by atoms with Crippen molar-refractivity contribution in [3.63, 3.8) is 0 Å². The van der Waals surface area contributed by atoms with E-state index in [1.165, 1.54) is 6.42 Å². The van der Waals surface area contributed by atoms with Crippen LogP contribution < -0.4 is 0 Å². The predicted molar refractivity (Wildman–Crippen MR) is 88.4 cm³/mol. The molecule has 0 saturated heterocycles. The van der Waals surface area contributed by atoms with Crippen LogP contribution in [0.1, 0.15) is 19.3 Å². The van der Waals surface area contributed by atoms with Crippen molar-refractivity contribution in [1.29, 1.82) is 0 Å². The lowest BCUT2D eigenvalue weighted by Gasteiger charge is -2.40. The van der Waals surface area contributed by atoms with Gasteiger partial charge in [-0.25, -0.2) is 8.42 Å². The Morgan fingerprint density at radius 1 is 0.826 bits per heavy atom. The number of fused-ring (bicyclic) bond motifs is 2. The van der Waals surface area contributed by atoms with Crippen molar-refractivity contribution in [2.24, 2.45) is 35.5 Å². The summed E-state index contributed by atoms with van der Waals surface area (Å²) >= 11 is 0. The molecule has 0 aliphatic heterocycles. The maximum atomic E-state index is 13.2. The monoisotopic (exact) mass is 324 g/mol. The molecule has 0 radical (unpaired) electrons. The highest BCUT2D eigenvalue weighted by atomic mass is 32.2. The quantitative estimate of drug-likeness (QED) is 0.779. The van der Waals surface area contributed by atoms with Crippen LogP contribution in [0.3, 0.4) is 0 Å². The van der Waals surface area contributed by atoms with E-state index < -0.39 is 9.84 Å². The number of sulfone groups is 1. The van der Waals surface area contributed by atoms with Gasteiger partial charge in [0.25, 0.3) is 0 Å². The van der Waals surface area contributed by atoms with E-state index in [0.29, 0.717) is 28.6 Å². The first kappa shape index (κ1) is 13.0. The summed E-state index contributed by atoms with van der Waals surface area (Å²) in [5.74, 6) is 3.80. The normalized spacial score (nSPS) is 45.3. The lowest BCUT2D eigenvalue weighted by molar-refractivity contribution is 0.397. The van der Waals surface area contributed by atoms with E-state index >= 15 is 0 Å². The molecule has 6 aliphatic rings. The molecule has 1 aromatic carbocycles. The summed E-state index contributed by atoms with van der Waals surface area (Å²) < 4.78 is 26.3. The minimum absolute atomic E-state index is 0.182. The summed E-state index contributed by atoms with van der Waals surface area (Å²) in [4.78, 5) is 0.514. The number of hydrogen-bond acceptors (Lipinski definition) is 2. The molecule has 2 nitrogen and oxygen atoms in total. The lowest BCUT2D eigenvalue weighted by atomic mass is 9.67. The van der Waals surface area contributed by atoms with Gasteiger partial charge in [-0.2, -0.15) is 0 Å². The Morgan fingerprint density at radius 3 is 2.26 bits per heavy atom. The van der Waals surface area contributed by atoms with Crippen molar-refractivity contribution in [2.45, 2.75) is 29.4 Å². The first-order valence-electron chi connectivity index (χ1n) is 8.87. The fourth-order valence-electron chi connectivity index (χ4n) is 6.32.